The van der Waals surface area contributed by atoms with E-state index in [1.807, 2.05) is 26.5 Å². The van der Waals surface area contributed by atoms with Crippen LogP contribution in [0.1, 0.15) is 32.6 Å². The zero-order valence-corrected chi connectivity index (χ0v) is 11.3. The van der Waals surface area contributed by atoms with Crippen molar-refractivity contribution >= 4 is 0 Å². The third-order valence-corrected chi connectivity index (χ3v) is 4.15. The molecule has 2 heterocycles. The predicted molar refractivity (Wildman–Crippen MR) is 67.7 cm³/mol. The van der Waals surface area contributed by atoms with Crippen LogP contribution in [-0.2, 0) is 11.8 Å². The normalized spacial score (nSPS) is 35.1. The lowest BCUT2D eigenvalue weighted by Crippen LogP contribution is -2.34. The zero-order chi connectivity index (χ0) is 12.6. The van der Waals surface area contributed by atoms with Crippen molar-refractivity contribution in [1.29, 1.82) is 0 Å². The highest BCUT2D eigenvalue weighted by atomic mass is 16.5. The molecule has 17 heavy (non-hydrogen) atoms. The number of nitrogens with zero attached hydrogens (tertiary/aromatic N) is 2. The van der Waals surface area contributed by atoms with Crippen molar-refractivity contribution in [3.05, 3.63) is 18.2 Å². The number of imidazole rings is 1. The molecular formula is C13H23N3O. The van der Waals surface area contributed by atoms with Crippen molar-refractivity contribution in [2.24, 2.45) is 18.9 Å². The number of aryl methyl sites for hydroxylation is 1. The van der Waals surface area contributed by atoms with Crippen LogP contribution in [0, 0.1) is 11.8 Å². The molecule has 1 aliphatic rings. The number of ether oxygens (including phenoxy) is 1. The van der Waals surface area contributed by atoms with Crippen LogP contribution >= 0.6 is 0 Å². The Labute approximate surface area is 103 Å². The van der Waals surface area contributed by atoms with Gasteiger partial charge in [-0.05, 0) is 26.8 Å². The average molecular weight is 237 g/mol. The molecule has 5 unspecified atom stereocenters. The van der Waals surface area contributed by atoms with Gasteiger partial charge in [0.05, 0.1) is 18.2 Å². The van der Waals surface area contributed by atoms with Gasteiger partial charge in [-0.2, -0.15) is 0 Å². The van der Waals surface area contributed by atoms with Crippen LogP contribution in [0.2, 0.25) is 0 Å². The first kappa shape index (κ1) is 12.6. The molecule has 96 valence electrons. The number of hydrogen-bond acceptors (Lipinski definition) is 3. The van der Waals surface area contributed by atoms with Gasteiger partial charge in [-0.1, -0.05) is 6.92 Å². The maximum Gasteiger partial charge on any atom is 0.125 e. The Morgan fingerprint density at radius 2 is 2.06 bits per heavy atom. The van der Waals surface area contributed by atoms with E-state index in [4.69, 9.17) is 4.74 Å². The van der Waals surface area contributed by atoms with Crippen LogP contribution < -0.4 is 5.32 Å². The Bertz CT molecular complexity index is 376. The molecule has 4 nitrogen and oxygen atoms in total. The predicted octanol–water partition coefficient (Wildman–Crippen LogP) is 1.74. The van der Waals surface area contributed by atoms with Crippen molar-refractivity contribution in [2.75, 3.05) is 7.05 Å². The Balaban J connectivity index is 2.27. The minimum absolute atomic E-state index is 0.255. The van der Waals surface area contributed by atoms with E-state index in [1.165, 1.54) is 0 Å². The molecule has 0 radical (unpaired) electrons. The Hall–Kier alpha value is -0.870. The van der Waals surface area contributed by atoms with Crippen molar-refractivity contribution in [2.45, 2.75) is 39.0 Å². The summed E-state index contributed by atoms with van der Waals surface area (Å²) in [6, 6.07) is 0.255. The summed E-state index contributed by atoms with van der Waals surface area (Å²) in [6.45, 7) is 6.59. The Kier molecular flexibility index (Phi) is 3.54. The van der Waals surface area contributed by atoms with E-state index in [2.05, 4.69) is 35.6 Å². The SMILES string of the molecule is CNC(c1nccn1C)C1C(C)OC(C)C1C. The molecular weight excluding hydrogens is 214 g/mol. The fourth-order valence-electron chi connectivity index (χ4n) is 3.04. The molecule has 1 saturated heterocycles. The minimum Gasteiger partial charge on any atom is -0.375 e. The minimum atomic E-state index is 0.255. The van der Waals surface area contributed by atoms with Gasteiger partial charge in [0.2, 0.25) is 0 Å². The van der Waals surface area contributed by atoms with E-state index in [0.29, 0.717) is 17.9 Å². The van der Waals surface area contributed by atoms with E-state index >= 15 is 0 Å². The summed E-state index contributed by atoms with van der Waals surface area (Å²) < 4.78 is 8.02. The van der Waals surface area contributed by atoms with Gasteiger partial charge >= 0.3 is 0 Å². The highest BCUT2D eigenvalue weighted by Crippen LogP contribution is 2.39. The van der Waals surface area contributed by atoms with E-state index < -0.39 is 0 Å². The molecule has 0 saturated carbocycles. The van der Waals surface area contributed by atoms with Gasteiger partial charge < -0.3 is 14.6 Å². The second-order valence-corrected chi connectivity index (χ2v) is 5.15. The number of hydrogen-bond donors (Lipinski definition) is 1. The third-order valence-electron chi connectivity index (χ3n) is 4.15. The lowest BCUT2D eigenvalue weighted by atomic mass is 9.83. The maximum atomic E-state index is 5.93. The van der Waals surface area contributed by atoms with Gasteiger partial charge in [0.15, 0.2) is 0 Å². The highest BCUT2D eigenvalue weighted by molar-refractivity contribution is 5.05. The first-order valence-electron chi connectivity index (χ1n) is 6.36. The molecule has 5 atom stereocenters. The van der Waals surface area contributed by atoms with Crippen LogP contribution in [0.3, 0.4) is 0 Å². The van der Waals surface area contributed by atoms with E-state index in [1.54, 1.807) is 0 Å². The first-order valence-corrected chi connectivity index (χ1v) is 6.36. The summed E-state index contributed by atoms with van der Waals surface area (Å²) in [5.74, 6) is 2.10. The van der Waals surface area contributed by atoms with Gasteiger partial charge in [-0.15, -0.1) is 0 Å². The van der Waals surface area contributed by atoms with E-state index in [-0.39, 0.29) is 12.1 Å². The smallest absolute Gasteiger partial charge is 0.125 e. The molecule has 4 heteroatoms. The number of rotatable bonds is 3. The van der Waals surface area contributed by atoms with Crippen LogP contribution in [0.15, 0.2) is 12.4 Å². The monoisotopic (exact) mass is 237 g/mol. The van der Waals surface area contributed by atoms with Crippen molar-refractivity contribution in [3.8, 4) is 0 Å². The van der Waals surface area contributed by atoms with Gasteiger partial charge in [0, 0.05) is 25.4 Å². The molecule has 0 spiro atoms. The highest BCUT2D eigenvalue weighted by Gasteiger charge is 2.42. The van der Waals surface area contributed by atoms with Crippen LogP contribution in [0.4, 0.5) is 0 Å². The second kappa shape index (κ2) is 4.78. The summed E-state index contributed by atoms with van der Waals surface area (Å²) in [7, 11) is 4.04. The van der Waals surface area contributed by atoms with Gasteiger partial charge in [-0.25, -0.2) is 4.98 Å². The molecule has 1 N–H and O–H groups in total. The van der Waals surface area contributed by atoms with Crippen LogP contribution in [0.5, 0.6) is 0 Å². The maximum absolute atomic E-state index is 5.93. The molecule has 1 aromatic heterocycles. The van der Waals surface area contributed by atoms with Crippen LogP contribution in [0.25, 0.3) is 0 Å². The number of nitrogens with one attached hydrogen (secondary N) is 1. The summed E-state index contributed by atoms with van der Waals surface area (Å²) in [5.41, 5.74) is 0. The van der Waals surface area contributed by atoms with Crippen molar-refractivity contribution < 1.29 is 4.74 Å². The third kappa shape index (κ3) is 2.11. The molecule has 0 amide bonds. The Morgan fingerprint density at radius 1 is 1.35 bits per heavy atom. The fraction of sp³-hybridized carbons (Fsp3) is 0.769. The summed E-state index contributed by atoms with van der Waals surface area (Å²) >= 11 is 0. The molecule has 1 aliphatic heterocycles. The van der Waals surface area contributed by atoms with Crippen LogP contribution in [-0.4, -0.2) is 28.8 Å². The largest absolute Gasteiger partial charge is 0.375 e. The average Bonchev–Trinajstić information content (AvgIpc) is 2.79. The lowest BCUT2D eigenvalue weighted by molar-refractivity contribution is 0.0473. The second-order valence-electron chi connectivity index (χ2n) is 5.15. The van der Waals surface area contributed by atoms with Gasteiger partial charge in [0.1, 0.15) is 5.82 Å². The van der Waals surface area contributed by atoms with Crippen molar-refractivity contribution in [3.63, 3.8) is 0 Å². The first-order chi connectivity index (χ1) is 8.06. The molecule has 0 aromatic carbocycles. The fourth-order valence-corrected chi connectivity index (χ4v) is 3.04. The standard InChI is InChI=1S/C13H23N3O/c1-8-9(2)17-10(3)11(8)12(14-4)13-15-6-7-16(13)5/h6-12,14H,1-5H3. The zero-order valence-electron chi connectivity index (χ0n) is 11.3. The molecule has 2 rings (SSSR count). The summed E-state index contributed by atoms with van der Waals surface area (Å²) in [5, 5.41) is 3.41. The topological polar surface area (TPSA) is 39.1 Å². The quantitative estimate of drug-likeness (QED) is 0.870. The van der Waals surface area contributed by atoms with Gasteiger partial charge in [0.25, 0.3) is 0 Å². The van der Waals surface area contributed by atoms with E-state index in [9.17, 15) is 0 Å². The lowest BCUT2D eigenvalue weighted by Gasteiger charge is -2.28. The number of aromatic nitrogens is 2. The molecule has 0 bridgehead atoms. The summed E-state index contributed by atoms with van der Waals surface area (Å²) in [6.07, 6.45) is 4.45. The van der Waals surface area contributed by atoms with Gasteiger partial charge in [-0.3, -0.25) is 0 Å². The Morgan fingerprint density at radius 3 is 2.47 bits per heavy atom. The molecule has 1 fully saturated rings. The summed E-state index contributed by atoms with van der Waals surface area (Å²) in [4.78, 5) is 4.47. The molecule has 0 aliphatic carbocycles. The van der Waals surface area contributed by atoms with Crippen molar-refractivity contribution in [1.82, 2.24) is 14.9 Å². The molecule has 1 aromatic rings. The van der Waals surface area contributed by atoms with E-state index in [0.717, 1.165) is 5.82 Å².